The van der Waals surface area contributed by atoms with Crippen LogP contribution in [0.2, 0.25) is 0 Å². The van der Waals surface area contributed by atoms with Gasteiger partial charge in [0.25, 0.3) is 0 Å². The summed E-state index contributed by atoms with van der Waals surface area (Å²) < 4.78 is 1.97. The zero-order chi connectivity index (χ0) is 9.90. The molecule has 0 unspecified atom stereocenters. The standard InChI is InChI=1S/C10H17BrN2/c1-4-13-7-9(6-12-13)5-10(2,3)8-11/h6-7H,4-5,8H2,1-3H3. The summed E-state index contributed by atoms with van der Waals surface area (Å²) in [6.07, 6.45) is 5.18. The van der Waals surface area contributed by atoms with Crippen LogP contribution in [-0.4, -0.2) is 15.1 Å². The van der Waals surface area contributed by atoms with Crippen molar-refractivity contribution < 1.29 is 0 Å². The molecule has 74 valence electrons. The molecule has 0 amide bonds. The summed E-state index contributed by atoms with van der Waals surface area (Å²) in [7, 11) is 0. The topological polar surface area (TPSA) is 17.8 Å². The van der Waals surface area contributed by atoms with E-state index in [4.69, 9.17) is 0 Å². The van der Waals surface area contributed by atoms with E-state index in [9.17, 15) is 0 Å². The van der Waals surface area contributed by atoms with Crippen LogP contribution < -0.4 is 0 Å². The Bertz CT molecular complexity index is 266. The molecule has 1 heterocycles. The molecule has 1 aromatic rings. The lowest BCUT2D eigenvalue weighted by Crippen LogP contribution is -2.16. The molecule has 0 aliphatic carbocycles. The predicted molar refractivity (Wildman–Crippen MR) is 59.2 cm³/mol. The molecule has 0 radical (unpaired) electrons. The number of aryl methyl sites for hydroxylation is 1. The van der Waals surface area contributed by atoms with Crippen LogP contribution in [0.1, 0.15) is 26.3 Å². The fourth-order valence-electron chi connectivity index (χ4n) is 1.27. The van der Waals surface area contributed by atoms with Gasteiger partial charge in [-0.05, 0) is 24.3 Å². The van der Waals surface area contributed by atoms with Crippen molar-refractivity contribution in [3.63, 3.8) is 0 Å². The molecular formula is C10H17BrN2. The molecule has 1 rings (SSSR count). The monoisotopic (exact) mass is 244 g/mol. The Balaban J connectivity index is 2.63. The minimum absolute atomic E-state index is 0.321. The average Bonchev–Trinajstić information content (AvgIpc) is 2.52. The molecular weight excluding hydrogens is 228 g/mol. The van der Waals surface area contributed by atoms with E-state index in [1.807, 2.05) is 10.9 Å². The van der Waals surface area contributed by atoms with Crippen LogP contribution in [0.15, 0.2) is 12.4 Å². The Morgan fingerprint density at radius 1 is 1.54 bits per heavy atom. The summed E-state index contributed by atoms with van der Waals surface area (Å²) in [5, 5.41) is 5.28. The minimum Gasteiger partial charge on any atom is -0.273 e. The van der Waals surface area contributed by atoms with Gasteiger partial charge in [0, 0.05) is 18.1 Å². The van der Waals surface area contributed by atoms with Crippen LogP contribution in [0.3, 0.4) is 0 Å². The second-order valence-electron chi connectivity index (χ2n) is 4.18. The highest BCUT2D eigenvalue weighted by Gasteiger charge is 2.17. The summed E-state index contributed by atoms with van der Waals surface area (Å²) in [5.74, 6) is 0. The van der Waals surface area contributed by atoms with Crippen molar-refractivity contribution in [1.82, 2.24) is 9.78 Å². The van der Waals surface area contributed by atoms with Gasteiger partial charge in [0.1, 0.15) is 0 Å². The lowest BCUT2D eigenvalue weighted by Gasteiger charge is -2.20. The van der Waals surface area contributed by atoms with Crippen molar-refractivity contribution in [2.24, 2.45) is 5.41 Å². The smallest absolute Gasteiger partial charge is 0.0521 e. The van der Waals surface area contributed by atoms with Crippen molar-refractivity contribution in [3.8, 4) is 0 Å². The molecule has 2 nitrogen and oxygen atoms in total. The van der Waals surface area contributed by atoms with Crippen LogP contribution in [0.4, 0.5) is 0 Å². The molecule has 0 N–H and O–H groups in total. The first-order chi connectivity index (χ1) is 6.07. The molecule has 0 saturated carbocycles. The fourth-order valence-corrected chi connectivity index (χ4v) is 1.47. The summed E-state index contributed by atoms with van der Waals surface area (Å²) in [5.41, 5.74) is 1.65. The van der Waals surface area contributed by atoms with Gasteiger partial charge in [0.05, 0.1) is 6.20 Å². The van der Waals surface area contributed by atoms with Gasteiger partial charge < -0.3 is 0 Å². The van der Waals surface area contributed by atoms with E-state index in [0.717, 1.165) is 18.3 Å². The molecule has 13 heavy (non-hydrogen) atoms. The maximum Gasteiger partial charge on any atom is 0.0521 e. The number of rotatable bonds is 4. The average molecular weight is 245 g/mol. The zero-order valence-corrected chi connectivity index (χ0v) is 10.1. The number of nitrogens with zero attached hydrogens (tertiary/aromatic N) is 2. The predicted octanol–water partition coefficient (Wildman–Crippen LogP) is 2.87. The van der Waals surface area contributed by atoms with E-state index in [2.05, 4.69) is 48.0 Å². The van der Waals surface area contributed by atoms with Crippen LogP contribution in [0.25, 0.3) is 0 Å². The summed E-state index contributed by atoms with van der Waals surface area (Å²) in [6.45, 7) is 7.57. The first-order valence-corrected chi connectivity index (χ1v) is 5.77. The highest BCUT2D eigenvalue weighted by molar-refractivity contribution is 9.09. The third-order valence-electron chi connectivity index (χ3n) is 2.06. The van der Waals surface area contributed by atoms with Crippen molar-refractivity contribution in [2.45, 2.75) is 33.7 Å². The Labute approximate surface area is 88.5 Å². The number of hydrogen-bond donors (Lipinski definition) is 0. The van der Waals surface area contributed by atoms with Gasteiger partial charge in [-0.15, -0.1) is 0 Å². The van der Waals surface area contributed by atoms with Crippen LogP contribution in [0, 0.1) is 5.41 Å². The largest absolute Gasteiger partial charge is 0.273 e. The molecule has 0 fully saturated rings. The van der Waals surface area contributed by atoms with Gasteiger partial charge >= 0.3 is 0 Å². The lowest BCUT2D eigenvalue weighted by molar-refractivity contribution is 0.424. The van der Waals surface area contributed by atoms with Crippen molar-refractivity contribution in [2.75, 3.05) is 5.33 Å². The molecule has 0 saturated heterocycles. The van der Waals surface area contributed by atoms with E-state index in [-0.39, 0.29) is 0 Å². The van der Waals surface area contributed by atoms with Gasteiger partial charge in [0.15, 0.2) is 0 Å². The van der Waals surface area contributed by atoms with Gasteiger partial charge in [0.2, 0.25) is 0 Å². The number of alkyl halides is 1. The molecule has 0 aromatic carbocycles. The first kappa shape index (κ1) is 10.8. The Hall–Kier alpha value is -0.310. The van der Waals surface area contributed by atoms with Crippen molar-refractivity contribution >= 4 is 15.9 Å². The number of aromatic nitrogens is 2. The fraction of sp³-hybridized carbons (Fsp3) is 0.700. The molecule has 1 aromatic heterocycles. The van der Waals surface area contributed by atoms with E-state index < -0.39 is 0 Å². The van der Waals surface area contributed by atoms with Gasteiger partial charge in [-0.25, -0.2) is 0 Å². The van der Waals surface area contributed by atoms with Crippen LogP contribution in [0.5, 0.6) is 0 Å². The Kier molecular flexibility index (Phi) is 3.54. The van der Waals surface area contributed by atoms with Crippen molar-refractivity contribution in [1.29, 1.82) is 0 Å². The molecule has 3 heteroatoms. The Morgan fingerprint density at radius 2 is 2.23 bits per heavy atom. The number of halogens is 1. The molecule has 0 bridgehead atoms. The summed E-state index contributed by atoms with van der Waals surface area (Å²) in [6, 6.07) is 0. The minimum atomic E-state index is 0.321. The highest BCUT2D eigenvalue weighted by Crippen LogP contribution is 2.23. The summed E-state index contributed by atoms with van der Waals surface area (Å²) in [4.78, 5) is 0. The quantitative estimate of drug-likeness (QED) is 0.746. The maximum absolute atomic E-state index is 4.25. The lowest BCUT2D eigenvalue weighted by atomic mass is 9.89. The van der Waals surface area contributed by atoms with Gasteiger partial charge in [-0.3, -0.25) is 4.68 Å². The maximum atomic E-state index is 4.25. The second-order valence-corrected chi connectivity index (χ2v) is 4.74. The van der Waals surface area contributed by atoms with E-state index in [1.54, 1.807) is 0 Å². The number of hydrogen-bond acceptors (Lipinski definition) is 1. The zero-order valence-electron chi connectivity index (χ0n) is 8.55. The third kappa shape index (κ3) is 3.14. The van der Waals surface area contributed by atoms with Crippen LogP contribution in [-0.2, 0) is 13.0 Å². The SMILES string of the molecule is CCn1cc(CC(C)(C)CBr)cn1. The van der Waals surface area contributed by atoms with Gasteiger partial charge in [-0.2, -0.15) is 5.10 Å². The third-order valence-corrected chi connectivity index (χ3v) is 3.57. The normalized spacial score (nSPS) is 12.0. The second kappa shape index (κ2) is 4.27. The molecule has 0 aliphatic rings. The van der Waals surface area contributed by atoms with E-state index in [1.165, 1.54) is 5.56 Å². The Morgan fingerprint density at radius 3 is 2.69 bits per heavy atom. The molecule has 0 atom stereocenters. The van der Waals surface area contributed by atoms with E-state index >= 15 is 0 Å². The van der Waals surface area contributed by atoms with Gasteiger partial charge in [-0.1, -0.05) is 29.8 Å². The first-order valence-electron chi connectivity index (χ1n) is 4.65. The van der Waals surface area contributed by atoms with Crippen LogP contribution >= 0.6 is 15.9 Å². The van der Waals surface area contributed by atoms with E-state index in [0.29, 0.717) is 5.41 Å². The molecule has 0 spiro atoms. The highest BCUT2D eigenvalue weighted by atomic mass is 79.9. The van der Waals surface area contributed by atoms with Crippen molar-refractivity contribution in [3.05, 3.63) is 18.0 Å². The molecule has 0 aliphatic heterocycles. The summed E-state index contributed by atoms with van der Waals surface area (Å²) >= 11 is 3.53.